The molecule has 0 aliphatic heterocycles. The van der Waals surface area contributed by atoms with E-state index < -0.39 is 12.6 Å². The molecule has 2 unspecified atom stereocenters. The summed E-state index contributed by atoms with van der Waals surface area (Å²) in [5, 5.41) is 7.00. The molecule has 1 aromatic rings. The zero-order chi connectivity index (χ0) is 13.9. The van der Waals surface area contributed by atoms with Crippen molar-refractivity contribution in [1.29, 1.82) is 0 Å². The van der Waals surface area contributed by atoms with Crippen LogP contribution in [-0.4, -0.2) is 28.9 Å². The van der Waals surface area contributed by atoms with Crippen molar-refractivity contribution in [2.45, 2.75) is 57.2 Å². The third-order valence-electron chi connectivity index (χ3n) is 3.42. The summed E-state index contributed by atoms with van der Waals surface area (Å²) >= 11 is 0. The monoisotopic (exact) mass is 277 g/mol. The third kappa shape index (κ3) is 3.92. The van der Waals surface area contributed by atoms with Gasteiger partial charge in [-0.05, 0) is 19.4 Å². The van der Waals surface area contributed by atoms with Gasteiger partial charge in [-0.15, -0.1) is 0 Å². The summed E-state index contributed by atoms with van der Waals surface area (Å²) in [6.45, 7) is 2.88. The first kappa shape index (κ1) is 14.3. The van der Waals surface area contributed by atoms with E-state index in [0.29, 0.717) is 11.9 Å². The molecule has 1 aliphatic rings. The van der Waals surface area contributed by atoms with E-state index in [1.807, 2.05) is 6.92 Å². The molecule has 1 saturated carbocycles. The van der Waals surface area contributed by atoms with E-state index in [1.165, 1.54) is 0 Å². The van der Waals surface area contributed by atoms with Gasteiger partial charge in [0, 0.05) is 12.5 Å². The molecule has 0 aromatic carbocycles. The van der Waals surface area contributed by atoms with Gasteiger partial charge in [-0.25, -0.2) is 0 Å². The van der Waals surface area contributed by atoms with Gasteiger partial charge in [-0.3, -0.25) is 0 Å². The van der Waals surface area contributed by atoms with Gasteiger partial charge in [0.1, 0.15) is 0 Å². The Hall–Kier alpha value is -1.11. The molecule has 1 N–H and O–H groups in total. The quantitative estimate of drug-likeness (QED) is 0.899. The van der Waals surface area contributed by atoms with Gasteiger partial charge in [-0.2, -0.15) is 18.2 Å². The van der Waals surface area contributed by atoms with Crippen molar-refractivity contribution in [2.24, 2.45) is 0 Å². The molecule has 0 spiro atoms. The number of hydrogen-bond acceptors (Lipinski definition) is 4. The maximum atomic E-state index is 12.1. The molecular weight excluding hydrogens is 259 g/mol. The van der Waals surface area contributed by atoms with Crippen LogP contribution in [0.2, 0.25) is 0 Å². The Labute approximate surface area is 109 Å². The smallest absolute Gasteiger partial charge is 0.339 e. The number of nitrogens with zero attached hydrogens (tertiary/aromatic N) is 2. The summed E-state index contributed by atoms with van der Waals surface area (Å²) in [7, 11) is 0. The third-order valence-corrected chi connectivity index (χ3v) is 3.42. The van der Waals surface area contributed by atoms with Crippen molar-refractivity contribution in [3.05, 3.63) is 11.7 Å². The van der Waals surface area contributed by atoms with Crippen LogP contribution in [-0.2, 0) is 6.42 Å². The van der Waals surface area contributed by atoms with E-state index in [0.717, 1.165) is 25.8 Å². The first-order valence-electron chi connectivity index (χ1n) is 6.62. The average molecular weight is 277 g/mol. The molecule has 108 valence electrons. The van der Waals surface area contributed by atoms with Gasteiger partial charge >= 0.3 is 6.18 Å². The highest BCUT2D eigenvalue weighted by Crippen LogP contribution is 2.33. The number of rotatable bonds is 5. The first-order chi connectivity index (χ1) is 8.99. The standard InChI is InChI=1S/C12H18F3N3O/c1-2-16-9-5-3-4-8(9)11-17-10(18-19-11)6-7-12(13,14)15/h8-9,16H,2-7H2,1H3. The largest absolute Gasteiger partial charge is 0.389 e. The van der Waals surface area contributed by atoms with Crippen LogP contribution in [0, 0.1) is 0 Å². The topological polar surface area (TPSA) is 51.0 Å². The van der Waals surface area contributed by atoms with Gasteiger partial charge in [0.15, 0.2) is 5.82 Å². The van der Waals surface area contributed by atoms with Gasteiger partial charge < -0.3 is 9.84 Å². The molecule has 4 nitrogen and oxygen atoms in total. The minimum atomic E-state index is -4.18. The van der Waals surface area contributed by atoms with Crippen molar-refractivity contribution < 1.29 is 17.7 Å². The Bertz CT molecular complexity index is 405. The zero-order valence-corrected chi connectivity index (χ0v) is 10.8. The predicted octanol–water partition coefficient (Wildman–Crippen LogP) is 2.81. The Kier molecular flexibility index (Phi) is 4.44. The summed E-state index contributed by atoms with van der Waals surface area (Å²) in [6, 6.07) is 0.293. The molecule has 1 aromatic heterocycles. The highest BCUT2D eigenvalue weighted by molar-refractivity contribution is 5.03. The predicted molar refractivity (Wildman–Crippen MR) is 62.7 cm³/mol. The van der Waals surface area contributed by atoms with E-state index in [1.54, 1.807) is 0 Å². The molecule has 1 fully saturated rings. The number of alkyl halides is 3. The number of hydrogen-bond donors (Lipinski definition) is 1. The van der Waals surface area contributed by atoms with Crippen LogP contribution in [0.1, 0.15) is 50.2 Å². The molecule has 1 aliphatic carbocycles. The number of halogens is 3. The van der Waals surface area contributed by atoms with Crippen molar-refractivity contribution in [3.63, 3.8) is 0 Å². The molecule has 19 heavy (non-hydrogen) atoms. The van der Waals surface area contributed by atoms with Crippen molar-refractivity contribution >= 4 is 0 Å². The van der Waals surface area contributed by atoms with E-state index >= 15 is 0 Å². The highest BCUT2D eigenvalue weighted by atomic mass is 19.4. The van der Waals surface area contributed by atoms with Crippen LogP contribution < -0.4 is 5.32 Å². The van der Waals surface area contributed by atoms with Crippen LogP contribution in [0.4, 0.5) is 13.2 Å². The molecule has 0 amide bonds. The van der Waals surface area contributed by atoms with Crippen LogP contribution >= 0.6 is 0 Å². The molecule has 1 heterocycles. The lowest BCUT2D eigenvalue weighted by atomic mass is 10.0. The number of nitrogens with one attached hydrogen (secondary N) is 1. The second kappa shape index (κ2) is 5.90. The maximum Gasteiger partial charge on any atom is 0.389 e. The minimum absolute atomic E-state index is 0.132. The van der Waals surface area contributed by atoms with Gasteiger partial charge in [-0.1, -0.05) is 18.5 Å². The lowest BCUT2D eigenvalue weighted by Gasteiger charge is -2.16. The second-order valence-corrected chi connectivity index (χ2v) is 4.87. The van der Waals surface area contributed by atoms with E-state index in [9.17, 15) is 13.2 Å². The molecule has 0 radical (unpaired) electrons. The van der Waals surface area contributed by atoms with E-state index in [4.69, 9.17) is 4.52 Å². The summed E-state index contributed by atoms with van der Waals surface area (Å²) in [5.74, 6) is 0.752. The van der Waals surface area contributed by atoms with E-state index in [-0.39, 0.29) is 18.2 Å². The summed E-state index contributed by atoms with van der Waals surface area (Å²) in [6.07, 6.45) is -2.25. The number of aromatic nitrogens is 2. The Morgan fingerprint density at radius 1 is 1.37 bits per heavy atom. The number of aryl methyl sites for hydroxylation is 1. The molecule has 2 rings (SSSR count). The second-order valence-electron chi connectivity index (χ2n) is 4.87. The van der Waals surface area contributed by atoms with Crippen LogP contribution in [0.5, 0.6) is 0 Å². The summed E-state index contributed by atoms with van der Waals surface area (Å²) < 4.78 is 41.5. The van der Waals surface area contributed by atoms with Crippen molar-refractivity contribution in [1.82, 2.24) is 15.5 Å². The van der Waals surface area contributed by atoms with Crippen LogP contribution in [0.15, 0.2) is 4.52 Å². The van der Waals surface area contributed by atoms with Gasteiger partial charge in [0.2, 0.25) is 5.89 Å². The Morgan fingerprint density at radius 3 is 2.84 bits per heavy atom. The molecule has 0 bridgehead atoms. The fourth-order valence-electron chi connectivity index (χ4n) is 2.54. The minimum Gasteiger partial charge on any atom is -0.339 e. The average Bonchev–Trinajstić information content (AvgIpc) is 2.93. The van der Waals surface area contributed by atoms with Gasteiger partial charge in [0.25, 0.3) is 0 Å². The molecule has 2 atom stereocenters. The Morgan fingerprint density at radius 2 is 2.16 bits per heavy atom. The summed E-state index contributed by atoms with van der Waals surface area (Å²) in [4.78, 5) is 4.11. The molecule has 7 heteroatoms. The van der Waals surface area contributed by atoms with Crippen LogP contribution in [0.25, 0.3) is 0 Å². The number of likely N-dealkylation sites (N-methyl/N-ethyl adjacent to an activating group) is 1. The summed E-state index contributed by atoms with van der Waals surface area (Å²) in [5.41, 5.74) is 0. The molecule has 0 saturated heterocycles. The van der Waals surface area contributed by atoms with E-state index in [2.05, 4.69) is 15.5 Å². The van der Waals surface area contributed by atoms with Crippen LogP contribution in [0.3, 0.4) is 0 Å². The lowest BCUT2D eigenvalue weighted by Crippen LogP contribution is -2.31. The highest BCUT2D eigenvalue weighted by Gasteiger charge is 2.33. The lowest BCUT2D eigenvalue weighted by molar-refractivity contribution is -0.134. The first-order valence-corrected chi connectivity index (χ1v) is 6.62. The zero-order valence-electron chi connectivity index (χ0n) is 10.8. The van der Waals surface area contributed by atoms with Crippen molar-refractivity contribution in [3.8, 4) is 0 Å². The normalized spacial score (nSPS) is 24.0. The van der Waals surface area contributed by atoms with Gasteiger partial charge in [0.05, 0.1) is 12.3 Å². The SMILES string of the molecule is CCNC1CCCC1c1nc(CCC(F)(F)F)no1. The Balaban J connectivity index is 1.96. The maximum absolute atomic E-state index is 12.1. The fraction of sp³-hybridized carbons (Fsp3) is 0.833. The fourth-order valence-corrected chi connectivity index (χ4v) is 2.54. The van der Waals surface area contributed by atoms with Crippen molar-refractivity contribution in [2.75, 3.05) is 6.54 Å². The molecular formula is C12H18F3N3O.